The first-order valence-electron chi connectivity index (χ1n) is 9.26. The van der Waals surface area contributed by atoms with Crippen molar-refractivity contribution in [3.05, 3.63) is 35.4 Å². The van der Waals surface area contributed by atoms with Crippen LogP contribution < -0.4 is 10.6 Å². The molecule has 0 saturated carbocycles. The average molecular weight is 440 g/mol. The number of rotatable bonds is 5. The molecule has 0 bridgehead atoms. The maximum absolute atomic E-state index is 13.9. The van der Waals surface area contributed by atoms with E-state index in [4.69, 9.17) is 4.74 Å². The number of benzene rings is 1. The first kappa shape index (κ1) is 25.0. The van der Waals surface area contributed by atoms with Crippen molar-refractivity contribution in [2.75, 3.05) is 33.3 Å². The molecule has 3 rings (SSSR count). The molecule has 2 heterocycles. The van der Waals surface area contributed by atoms with Crippen molar-refractivity contribution in [2.24, 2.45) is 0 Å². The van der Waals surface area contributed by atoms with Crippen LogP contribution in [0, 0.1) is 11.6 Å². The molecule has 2 aliphatic heterocycles. The second-order valence-electron chi connectivity index (χ2n) is 7.20. The molecule has 28 heavy (non-hydrogen) atoms. The van der Waals surface area contributed by atoms with Crippen LogP contribution in [0.2, 0.25) is 0 Å². The third-order valence-electron chi connectivity index (χ3n) is 5.50. The van der Waals surface area contributed by atoms with E-state index in [0.717, 1.165) is 32.5 Å². The van der Waals surface area contributed by atoms with Gasteiger partial charge in [-0.25, -0.2) is 8.78 Å². The second kappa shape index (κ2) is 11.3. The molecule has 1 atom stereocenters. The van der Waals surface area contributed by atoms with Crippen molar-refractivity contribution in [2.45, 2.75) is 43.9 Å². The average Bonchev–Trinajstić information content (AvgIpc) is 2.65. The number of ether oxygens (including phenoxy) is 1. The molecule has 5 nitrogen and oxygen atoms in total. The lowest BCUT2D eigenvalue weighted by Crippen LogP contribution is -2.58. The molecular formula is C19H29Cl2F2N3O2. The Labute approximate surface area is 177 Å². The van der Waals surface area contributed by atoms with Gasteiger partial charge in [0, 0.05) is 31.8 Å². The quantitative estimate of drug-likeness (QED) is 0.740. The van der Waals surface area contributed by atoms with Crippen molar-refractivity contribution >= 4 is 30.7 Å². The van der Waals surface area contributed by atoms with Crippen molar-refractivity contribution in [3.63, 3.8) is 0 Å². The molecule has 2 N–H and O–H groups in total. The summed E-state index contributed by atoms with van der Waals surface area (Å²) in [6, 6.07) is 3.90. The molecule has 0 aliphatic carbocycles. The number of piperidine rings is 2. The van der Waals surface area contributed by atoms with Gasteiger partial charge in [-0.1, -0.05) is 6.07 Å². The summed E-state index contributed by atoms with van der Waals surface area (Å²) >= 11 is 0. The van der Waals surface area contributed by atoms with Crippen LogP contribution >= 0.6 is 24.8 Å². The largest absolute Gasteiger partial charge is 0.368 e. The zero-order valence-corrected chi connectivity index (χ0v) is 17.6. The number of halogens is 4. The molecule has 1 unspecified atom stereocenters. The number of amides is 1. The first-order chi connectivity index (χ1) is 12.5. The molecule has 2 fully saturated rings. The van der Waals surface area contributed by atoms with Gasteiger partial charge in [0.05, 0.1) is 0 Å². The van der Waals surface area contributed by atoms with Gasteiger partial charge in [0.2, 0.25) is 0 Å². The Morgan fingerprint density at radius 3 is 2.54 bits per heavy atom. The van der Waals surface area contributed by atoms with Gasteiger partial charge in [-0.2, -0.15) is 0 Å². The highest BCUT2D eigenvalue weighted by atomic mass is 35.5. The minimum atomic E-state index is -0.773. The summed E-state index contributed by atoms with van der Waals surface area (Å²) in [7, 11) is 1.58. The maximum atomic E-state index is 13.9. The molecule has 0 radical (unpaired) electrons. The lowest BCUT2D eigenvalue weighted by Gasteiger charge is -2.38. The number of nitrogens with zero attached hydrogens (tertiary/aromatic N) is 1. The summed E-state index contributed by atoms with van der Waals surface area (Å²) in [5.41, 5.74) is -0.684. The van der Waals surface area contributed by atoms with Gasteiger partial charge in [0.1, 0.15) is 17.2 Å². The molecule has 1 aromatic carbocycles. The third kappa shape index (κ3) is 5.76. The Morgan fingerprint density at radius 1 is 1.29 bits per heavy atom. The van der Waals surface area contributed by atoms with E-state index in [2.05, 4.69) is 10.6 Å². The summed E-state index contributed by atoms with van der Waals surface area (Å²) in [4.78, 5) is 14.8. The number of hydrogen-bond acceptors (Lipinski definition) is 4. The monoisotopic (exact) mass is 439 g/mol. The van der Waals surface area contributed by atoms with E-state index < -0.39 is 17.2 Å². The predicted molar refractivity (Wildman–Crippen MR) is 109 cm³/mol. The molecule has 1 aromatic rings. The highest BCUT2D eigenvalue weighted by Crippen LogP contribution is 2.24. The van der Waals surface area contributed by atoms with E-state index in [-0.39, 0.29) is 48.9 Å². The van der Waals surface area contributed by atoms with Gasteiger partial charge >= 0.3 is 0 Å². The number of methoxy groups -OCH3 is 1. The fraction of sp³-hybridized carbons (Fsp3) is 0.632. The molecule has 0 spiro atoms. The summed E-state index contributed by atoms with van der Waals surface area (Å²) < 4.78 is 33.4. The van der Waals surface area contributed by atoms with E-state index in [1.807, 2.05) is 4.90 Å². The molecule has 0 aromatic heterocycles. The number of likely N-dealkylation sites (tertiary alicyclic amines) is 1. The standard InChI is InChI=1S/C19H27F2N3O2.2ClH/c1-26-19(7-9-22-10-8-19)18(25)23-14-4-3-11-24(12-14)13-15-16(20)5-2-6-17(15)21;;/h2,5-6,14,22H,3-4,7-13H2,1H3,(H,23,25);2*1H. The molecule has 160 valence electrons. The summed E-state index contributed by atoms with van der Waals surface area (Å²) in [5, 5.41) is 6.34. The summed E-state index contributed by atoms with van der Waals surface area (Å²) in [5.74, 6) is -1.13. The molecule has 2 saturated heterocycles. The number of carbonyl (C=O) groups is 1. The smallest absolute Gasteiger partial charge is 0.252 e. The number of hydrogen-bond donors (Lipinski definition) is 2. The van der Waals surface area contributed by atoms with E-state index in [1.54, 1.807) is 7.11 Å². The Balaban J connectivity index is 0.00000196. The molecule has 9 heteroatoms. The third-order valence-corrected chi connectivity index (χ3v) is 5.50. The Kier molecular flexibility index (Phi) is 10.1. The van der Waals surface area contributed by atoms with Crippen LogP contribution in [0.1, 0.15) is 31.2 Å². The Hall–Kier alpha value is -0.990. The lowest BCUT2D eigenvalue weighted by atomic mass is 9.90. The van der Waals surface area contributed by atoms with Crippen molar-refractivity contribution < 1.29 is 18.3 Å². The highest BCUT2D eigenvalue weighted by Gasteiger charge is 2.40. The molecule has 1 amide bonds. The first-order valence-corrected chi connectivity index (χ1v) is 9.26. The van der Waals surface area contributed by atoms with Crippen LogP contribution in [0.25, 0.3) is 0 Å². The maximum Gasteiger partial charge on any atom is 0.252 e. The SMILES string of the molecule is COC1(C(=O)NC2CCCN(Cc3c(F)cccc3F)C2)CCNCC1.Cl.Cl. The van der Waals surface area contributed by atoms with Crippen molar-refractivity contribution in [1.82, 2.24) is 15.5 Å². The minimum Gasteiger partial charge on any atom is -0.368 e. The van der Waals surface area contributed by atoms with Crippen molar-refractivity contribution in [3.8, 4) is 0 Å². The Morgan fingerprint density at radius 2 is 1.93 bits per heavy atom. The van der Waals surface area contributed by atoms with Gasteiger partial charge in [-0.15, -0.1) is 24.8 Å². The fourth-order valence-corrected chi connectivity index (χ4v) is 3.90. The summed E-state index contributed by atoms with van der Waals surface area (Å²) in [6.45, 7) is 3.07. The van der Waals surface area contributed by atoms with Gasteiger partial charge < -0.3 is 15.4 Å². The molecular weight excluding hydrogens is 411 g/mol. The number of nitrogens with one attached hydrogen (secondary N) is 2. The van der Waals surface area contributed by atoms with Crippen LogP contribution in [0.15, 0.2) is 18.2 Å². The van der Waals surface area contributed by atoms with Gasteiger partial charge in [0.25, 0.3) is 5.91 Å². The highest BCUT2D eigenvalue weighted by molar-refractivity contribution is 5.86. The lowest BCUT2D eigenvalue weighted by molar-refractivity contribution is -0.147. The van der Waals surface area contributed by atoms with E-state index in [9.17, 15) is 13.6 Å². The van der Waals surface area contributed by atoms with Crippen molar-refractivity contribution in [1.29, 1.82) is 0 Å². The number of carbonyl (C=O) groups excluding carboxylic acids is 1. The van der Waals surface area contributed by atoms with Gasteiger partial charge in [-0.3, -0.25) is 9.69 Å². The zero-order valence-electron chi connectivity index (χ0n) is 16.0. The van der Waals surface area contributed by atoms with Gasteiger partial charge in [-0.05, 0) is 57.5 Å². The normalized spacial score (nSPS) is 21.9. The predicted octanol–water partition coefficient (Wildman–Crippen LogP) is 2.66. The van der Waals surface area contributed by atoms with Crippen LogP contribution in [0.3, 0.4) is 0 Å². The summed E-state index contributed by atoms with van der Waals surface area (Å²) in [6.07, 6.45) is 3.03. The van der Waals surface area contributed by atoms with E-state index in [0.29, 0.717) is 19.4 Å². The zero-order chi connectivity index (χ0) is 18.6. The van der Waals surface area contributed by atoms with Crippen LogP contribution in [0.4, 0.5) is 8.78 Å². The van der Waals surface area contributed by atoms with E-state index in [1.165, 1.54) is 18.2 Å². The Bertz CT molecular complexity index is 625. The van der Waals surface area contributed by atoms with Crippen LogP contribution in [-0.4, -0.2) is 55.7 Å². The fourth-order valence-electron chi connectivity index (χ4n) is 3.90. The second-order valence-corrected chi connectivity index (χ2v) is 7.20. The van der Waals surface area contributed by atoms with Crippen LogP contribution in [-0.2, 0) is 16.1 Å². The van der Waals surface area contributed by atoms with Gasteiger partial charge in [0.15, 0.2) is 0 Å². The molecule has 2 aliphatic rings. The minimum absolute atomic E-state index is 0. The topological polar surface area (TPSA) is 53.6 Å². The van der Waals surface area contributed by atoms with E-state index >= 15 is 0 Å². The van der Waals surface area contributed by atoms with Crippen LogP contribution in [0.5, 0.6) is 0 Å².